The van der Waals surface area contributed by atoms with Gasteiger partial charge in [0.15, 0.2) is 12.4 Å². The van der Waals surface area contributed by atoms with Crippen molar-refractivity contribution in [1.29, 1.82) is 0 Å². The first-order chi connectivity index (χ1) is 11.6. The molecule has 0 aromatic heterocycles. The molecule has 2 aromatic rings. The predicted molar refractivity (Wildman–Crippen MR) is 95.2 cm³/mol. The fourth-order valence-electron chi connectivity index (χ4n) is 2.68. The van der Waals surface area contributed by atoms with Crippen molar-refractivity contribution in [3.05, 3.63) is 64.2 Å². The van der Waals surface area contributed by atoms with Crippen LogP contribution >= 0.6 is 11.6 Å². The van der Waals surface area contributed by atoms with Crippen LogP contribution in [-0.4, -0.2) is 18.3 Å². The number of rotatable bonds is 5. The van der Waals surface area contributed by atoms with E-state index >= 15 is 0 Å². The number of hydrogen-bond acceptors (Lipinski definition) is 3. The molecule has 5 nitrogen and oxygen atoms in total. The molecule has 1 aliphatic carbocycles. The van der Waals surface area contributed by atoms with E-state index in [0.29, 0.717) is 10.6 Å². The topological polar surface area (TPSA) is 76.7 Å². The molecule has 0 saturated carbocycles. The number of benzene rings is 2. The second kappa shape index (κ2) is 7.36. The third-order valence-electron chi connectivity index (χ3n) is 3.88. The number of nitrogens with two attached hydrogens (primary N) is 1. The van der Waals surface area contributed by atoms with Crippen LogP contribution in [0.15, 0.2) is 47.6 Å². The molecular formula is C18H18ClN3O2. The van der Waals surface area contributed by atoms with E-state index in [1.165, 1.54) is 17.5 Å². The Morgan fingerprint density at radius 2 is 1.92 bits per heavy atom. The molecule has 0 fully saturated rings. The lowest BCUT2D eigenvalue weighted by atomic mass is 10.1. The Balaban J connectivity index is 1.52. The zero-order valence-corrected chi connectivity index (χ0v) is 13.8. The average molecular weight is 344 g/mol. The zero-order valence-electron chi connectivity index (χ0n) is 13.1. The number of oxime groups is 1. The molecule has 0 bridgehead atoms. The maximum atomic E-state index is 11.9. The van der Waals surface area contributed by atoms with Gasteiger partial charge in [-0.25, -0.2) is 0 Å². The summed E-state index contributed by atoms with van der Waals surface area (Å²) >= 11 is 5.81. The first-order valence-corrected chi connectivity index (χ1v) is 8.12. The van der Waals surface area contributed by atoms with Gasteiger partial charge in [-0.3, -0.25) is 4.79 Å². The second-order valence-electron chi connectivity index (χ2n) is 5.64. The van der Waals surface area contributed by atoms with Gasteiger partial charge in [-0.1, -0.05) is 22.8 Å². The number of amides is 1. The number of aryl methyl sites for hydroxylation is 2. The van der Waals surface area contributed by atoms with E-state index in [-0.39, 0.29) is 18.3 Å². The van der Waals surface area contributed by atoms with Gasteiger partial charge in [0.2, 0.25) is 0 Å². The Morgan fingerprint density at radius 3 is 2.71 bits per heavy atom. The van der Waals surface area contributed by atoms with Crippen molar-refractivity contribution in [3.63, 3.8) is 0 Å². The summed E-state index contributed by atoms with van der Waals surface area (Å²) in [5.41, 5.74) is 9.92. The van der Waals surface area contributed by atoms with Gasteiger partial charge in [-0.15, -0.1) is 0 Å². The SMILES string of the molecule is N/C(=N\OCC(=O)Nc1ccc2c(c1)CCC2)c1ccc(Cl)cc1. The van der Waals surface area contributed by atoms with Crippen LogP contribution in [0.5, 0.6) is 0 Å². The molecule has 1 aliphatic rings. The Labute approximate surface area is 145 Å². The first kappa shape index (κ1) is 16.3. The standard InChI is InChI=1S/C18H18ClN3O2/c19-15-7-4-13(5-8-15)18(20)22-24-11-17(23)21-16-9-6-12-2-1-3-14(12)10-16/h4-10H,1-3,11H2,(H2,20,22)(H,21,23). The van der Waals surface area contributed by atoms with Crippen molar-refractivity contribution in [2.24, 2.45) is 10.9 Å². The van der Waals surface area contributed by atoms with Gasteiger partial charge in [-0.05, 0) is 66.8 Å². The summed E-state index contributed by atoms with van der Waals surface area (Å²) in [7, 11) is 0. The minimum absolute atomic E-state index is 0.192. The molecule has 0 atom stereocenters. The molecule has 0 unspecified atom stereocenters. The van der Waals surface area contributed by atoms with Crippen molar-refractivity contribution < 1.29 is 9.63 Å². The number of halogens is 1. The second-order valence-corrected chi connectivity index (χ2v) is 6.08. The summed E-state index contributed by atoms with van der Waals surface area (Å²) in [6.45, 7) is -0.203. The monoisotopic (exact) mass is 343 g/mol. The van der Waals surface area contributed by atoms with Crippen LogP contribution in [0.4, 0.5) is 5.69 Å². The minimum atomic E-state index is -0.277. The smallest absolute Gasteiger partial charge is 0.265 e. The Morgan fingerprint density at radius 1 is 1.17 bits per heavy atom. The van der Waals surface area contributed by atoms with E-state index in [1.54, 1.807) is 24.3 Å². The Kier molecular flexibility index (Phi) is 5.01. The number of nitrogens with zero attached hydrogens (tertiary/aromatic N) is 1. The summed E-state index contributed by atoms with van der Waals surface area (Å²) in [6, 6.07) is 12.9. The van der Waals surface area contributed by atoms with Gasteiger partial charge >= 0.3 is 0 Å². The van der Waals surface area contributed by atoms with Gasteiger partial charge < -0.3 is 15.9 Å². The quantitative estimate of drug-likeness (QED) is 0.497. The normalized spacial score (nSPS) is 13.5. The van der Waals surface area contributed by atoms with Gasteiger partial charge in [-0.2, -0.15) is 0 Å². The molecule has 0 saturated heterocycles. The first-order valence-electron chi connectivity index (χ1n) is 7.75. The largest absolute Gasteiger partial charge is 0.384 e. The molecule has 2 aromatic carbocycles. The molecule has 124 valence electrons. The summed E-state index contributed by atoms with van der Waals surface area (Å²) in [6.07, 6.45) is 3.36. The lowest BCUT2D eigenvalue weighted by molar-refractivity contribution is -0.120. The fraction of sp³-hybridized carbons (Fsp3) is 0.222. The number of carbonyl (C=O) groups is 1. The van der Waals surface area contributed by atoms with Gasteiger partial charge in [0.25, 0.3) is 5.91 Å². The van der Waals surface area contributed by atoms with Crippen LogP contribution in [0, 0.1) is 0 Å². The van der Waals surface area contributed by atoms with Gasteiger partial charge in [0, 0.05) is 16.3 Å². The average Bonchev–Trinajstić information content (AvgIpc) is 3.03. The maximum absolute atomic E-state index is 11.9. The van der Waals surface area contributed by atoms with Crippen molar-refractivity contribution in [2.75, 3.05) is 11.9 Å². The van der Waals surface area contributed by atoms with Crippen molar-refractivity contribution >= 4 is 29.0 Å². The Bertz CT molecular complexity index is 772. The molecular weight excluding hydrogens is 326 g/mol. The predicted octanol–water partition coefficient (Wildman–Crippen LogP) is 3.10. The van der Waals surface area contributed by atoms with Crippen LogP contribution in [-0.2, 0) is 22.5 Å². The number of anilines is 1. The number of hydrogen-bond donors (Lipinski definition) is 2. The summed E-state index contributed by atoms with van der Waals surface area (Å²) in [5, 5.41) is 7.17. The number of amidine groups is 1. The van der Waals surface area contributed by atoms with Crippen molar-refractivity contribution in [2.45, 2.75) is 19.3 Å². The molecule has 0 spiro atoms. The van der Waals surface area contributed by atoms with Crippen LogP contribution in [0.3, 0.4) is 0 Å². The van der Waals surface area contributed by atoms with Crippen LogP contribution in [0.2, 0.25) is 5.02 Å². The van der Waals surface area contributed by atoms with Crippen LogP contribution in [0.1, 0.15) is 23.1 Å². The van der Waals surface area contributed by atoms with E-state index in [0.717, 1.165) is 18.5 Å². The maximum Gasteiger partial charge on any atom is 0.265 e. The van der Waals surface area contributed by atoms with E-state index in [2.05, 4.69) is 16.5 Å². The minimum Gasteiger partial charge on any atom is -0.384 e. The number of nitrogens with one attached hydrogen (secondary N) is 1. The number of carbonyl (C=O) groups excluding carboxylic acids is 1. The van der Waals surface area contributed by atoms with E-state index in [9.17, 15) is 4.79 Å². The van der Waals surface area contributed by atoms with Crippen molar-refractivity contribution in [3.8, 4) is 0 Å². The van der Waals surface area contributed by atoms with Crippen LogP contribution < -0.4 is 11.1 Å². The molecule has 0 heterocycles. The number of fused-ring (bicyclic) bond motifs is 1. The molecule has 3 rings (SSSR count). The van der Waals surface area contributed by atoms with Gasteiger partial charge in [0.05, 0.1) is 0 Å². The highest BCUT2D eigenvalue weighted by Gasteiger charge is 2.12. The fourth-order valence-corrected chi connectivity index (χ4v) is 2.81. The summed E-state index contributed by atoms with van der Waals surface area (Å²) < 4.78 is 0. The zero-order chi connectivity index (χ0) is 16.9. The van der Waals surface area contributed by atoms with Crippen LogP contribution in [0.25, 0.3) is 0 Å². The van der Waals surface area contributed by atoms with Crippen molar-refractivity contribution in [1.82, 2.24) is 0 Å². The molecule has 24 heavy (non-hydrogen) atoms. The lowest BCUT2D eigenvalue weighted by Crippen LogP contribution is -2.19. The lowest BCUT2D eigenvalue weighted by Gasteiger charge is -2.07. The molecule has 6 heteroatoms. The van der Waals surface area contributed by atoms with Gasteiger partial charge in [0.1, 0.15) is 0 Å². The van der Waals surface area contributed by atoms with E-state index in [4.69, 9.17) is 22.2 Å². The Hall–Kier alpha value is -2.53. The van der Waals surface area contributed by atoms with E-state index < -0.39 is 0 Å². The highest BCUT2D eigenvalue weighted by atomic mass is 35.5. The molecule has 0 aliphatic heterocycles. The molecule has 0 radical (unpaired) electrons. The summed E-state index contributed by atoms with van der Waals surface area (Å²) in [5.74, 6) is -0.0856. The highest BCUT2D eigenvalue weighted by molar-refractivity contribution is 6.30. The molecule has 3 N–H and O–H groups in total. The summed E-state index contributed by atoms with van der Waals surface area (Å²) in [4.78, 5) is 16.9. The highest BCUT2D eigenvalue weighted by Crippen LogP contribution is 2.24. The third-order valence-corrected chi connectivity index (χ3v) is 4.13. The molecule has 1 amide bonds. The van der Waals surface area contributed by atoms with E-state index in [1.807, 2.05) is 12.1 Å². The third kappa shape index (κ3) is 4.06.